The first-order valence-corrected chi connectivity index (χ1v) is 6.68. The number of rotatable bonds is 4. The summed E-state index contributed by atoms with van der Waals surface area (Å²) in [4.78, 5) is 6.63. The number of nitrogens with one attached hydrogen (secondary N) is 1. The predicted octanol–water partition coefficient (Wildman–Crippen LogP) is 0.538. The van der Waals surface area contributed by atoms with Crippen LogP contribution in [-0.2, 0) is 19.6 Å². The summed E-state index contributed by atoms with van der Waals surface area (Å²) in [5.41, 5.74) is 0.967. The van der Waals surface area contributed by atoms with Crippen molar-refractivity contribution in [1.82, 2.24) is 25.1 Å². The van der Waals surface area contributed by atoms with E-state index in [-0.39, 0.29) is 0 Å². The van der Waals surface area contributed by atoms with Crippen molar-refractivity contribution in [3.8, 4) is 0 Å². The highest BCUT2D eigenvalue weighted by Crippen LogP contribution is 2.21. The summed E-state index contributed by atoms with van der Waals surface area (Å²) in [7, 11) is 0. The van der Waals surface area contributed by atoms with Gasteiger partial charge >= 0.3 is 0 Å². The van der Waals surface area contributed by atoms with Gasteiger partial charge in [-0.15, -0.1) is 10.2 Å². The van der Waals surface area contributed by atoms with E-state index in [4.69, 9.17) is 4.42 Å². The van der Waals surface area contributed by atoms with Crippen molar-refractivity contribution in [1.29, 1.82) is 0 Å². The Hall–Kier alpha value is -1.89. The number of hydrogen-bond donors (Lipinski definition) is 1. The second kappa shape index (κ2) is 4.34. The first-order valence-electron chi connectivity index (χ1n) is 6.68. The lowest BCUT2D eigenvalue weighted by Crippen LogP contribution is -2.33. The lowest BCUT2D eigenvalue weighted by atomic mass is 10.4. The van der Waals surface area contributed by atoms with Crippen LogP contribution in [0.4, 0.5) is 6.01 Å². The summed E-state index contributed by atoms with van der Waals surface area (Å²) in [5, 5.41) is 11.4. The summed E-state index contributed by atoms with van der Waals surface area (Å²) in [6, 6.07) is 1.37. The monoisotopic (exact) mass is 260 g/mol. The number of fused-ring (bicyclic) bond motifs is 1. The fourth-order valence-corrected chi connectivity index (χ4v) is 2.29. The van der Waals surface area contributed by atoms with Crippen molar-refractivity contribution >= 4 is 6.01 Å². The van der Waals surface area contributed by atoms with Gasteiger partial charge in [-0.2, -0.15) is 4.98 Å². The van der Waals surface area contributed by atoms with Gasteiger partial charge in [-0.3, -0.25) is 0 Å². The summed E-state index contributed by atoms with van der Waals surface area (Å²) < 4.78 is 7.63. The molecule has 1 saturated carbocycles. The van der Waals surface area contributed by atoms with Crippen LogP contribution in [0.15, 0.2) is 17.0 Å². The van der Waals surface area contributed by atoms with Gasteiger partial charge in [0.25, 0.3) is 6.01 Å². The number of oxazole rings is 1. The maximum Gasteiger partial charge on any atom is 0.297 e. The second-order valence-corrected chi connectivity index (χ2v) is 5.14. The molecule has 7 nitrogen and oxygen atoms in total. The molecule has 3 heterocycles. The fourth-order valence-electron chi connectivity index (χ4n) is 2.29. The molecule has 1 aliphatic heterocycles. The minimum atomic E-state index is 0.682. The summed E-state index contributed by atoms with van der Waals surface area (Å²) >= 11 is 0. The average Bonchev–Trinajstić information content (AvgIpc) is 2.96. The van der Waals surface area contributed by atoms with Crippen LogP contribution in [0.1, 0.15) is 24.4 Å². The lowest BCUT2D eigenvalue weighted by molar-refractivity contribution is 0.484. The molecule has 2 aromatic heterocycles. The van der Waals surface area contributed by atoms with Crippen molar-refractivity contribution in [3.63, 3.8) is 0 Å². The van der Waals surface area contributed by atoms with Gasteiger partial charge in [-0.05, 0) is 12.8 Å². The molecule has 4 rings (SSSR count). The Bertz CT molecular complexity index is 572. The zero-order valence-electron chi connectivity index (χ0n) is 10.6. The van der Waals surface area contributed by atoms with Crippen molar-refractivity contribution in [2.45, 2.75) is 38.5 Å². The van der Waals surface area contributed by atoms with Crippen LogP contribution >= 0.6 is 0 Å². The van der Waals surface area contributed by atoms with Gasteiger partial charge in [-0.25, -0.2) is 0 Å². The summed E-state index contributed by atoms with van der Waals surface area (Å²) in [6.07, 6.45) is 6.08. The van der Waals surface area contributed by atoms with Crippen LogP contribution in [-0.4, -0.2) is 32.3 Å². The van der Waals surface area contributed by atoms with Crippen molar-refractivity contribution < 1.29 is 4.42 Å². The molecule has 0 spiro atoms. The second-order valence-electron chi connectivity index (χ2n) is 5.14. The Morgan fingerprint density at radius 2 is 2.32 bits per heavy atom. The van der Waals surface area contributed by atoms with Crippen LogP contribution in [0.3, 0.4) is 0 Å². The quantitative estimate of drug-likeness (QED) is 0.865. The van der Waals surface area contributed by atoms with Crippen molar-refractivity contribution in [2.75, 3.05) is 11.4 Å². The summed E-state index contributed by atoms with van der Waals surface area (Å²) in [6.45, 7) is 3.25. The minimum absolute atomic E-state index is 0.682. The third kappa shape index (κ3) is 2.21. The first-order chi connectivity index (χ1) is 9.38. The number of anilines is 1. The largest absolute Gasteiger partial charge is 0.432 e. The molecule has 1 fully saturated rings. The van der Waals surface area contributed by atoms with Crippen LogP contribution < -0.4 is 10.2 Å². The number of aromatic nitrogens is 4. The molecule has 0 radical (unpaired) electrons. The van der Waals surface area contributed by atoms with Crippen molar-refractivity contribution in [2.24, 2.45) is 0 Å². The van der Waals surface area contributed by atoms with Gasteiger partial charge in [0.1, 0.15) is 12.6 Å². The molecule has 2 aromatic rings. The molecule has 1 N–H and O–H groups in total. The molecule has 1 aliphatic carbocycles. The van der Waals surface area contributed by atoms with Crippen molar-refractivity contribution in [3.05, 3.63) is 24.1 Å². The topological polar surface area (TPSA) is 72.0 Å². The molecule has 19 heavy (non-hydrogen) atoms. The number of nitrogens with zero attached hydrogens (tertiary/aromatic N) is 5. The van der Waals surface area contributed by atoms with E-state index in [1.165, 1.54) is 12.8 Å². The van der Waals surface area contributed by atoms with Gasteiger partial charge in [0, 0.05) is 25.7 Å². The molecule has 0 unspecified atom stereocenters. The Labute approximate surface area is 110 Å². The molecule has 0 bridgehead atoms. The molecule has 7 heteroatoms. The van der Waals surface area contributed by atoms with E-state index in [1.807, 2.05) is 0 Å². The zero-order valence-corrected chi connectivity index (χ0v) is 10.6. The molecular formula is C12H16N6O. The van der Waals surface area contributed by atoms with E-state index in [1.54, 1.807) is 12.6 Å². The zero-order chi connectivity index (χ0) is 12.7. The van der Waals surface area contributed by atoms with E-state index in [0.717, 1.165) is 31.2 Å². The predicted molar refractivity (Wildman–Crippen MR) is 67.4 cm³/mol. The minimum Gasteiger partial charge on any atom is -0.432 e. The Balaban J connectivity index is 1.44. The van der Waals surface area contributed by atoms with Crippen LogP contribution in [0.2, 0.25) is 0 Å². The lowest BCUT2D eigenvalue weighted by Gasteiger charge is -2.25. The molecule has 0 atom stereocenters. The Morgan fingerprint density at radius 1 is 1.37 bits per heavy atom. The molecular weight excluding hydrogens is 244 g/mol. The van der Waals surface area contributed by atoms with E-state index >= 15 is 0 Å². The van der Waals surface area contributed by atoms with E-state index in [0.29, 0.717) is 18.6 Å². The highest BCUT2D eigenvalue weighted by Gasteiger charge is 2.23. The molecule has 2 aliphatic rings. The summed E-state index contributed by atoms with van der Waals surface area (Å²) in [5.74, 6) is 0.960. The first kappa shape index (κ1) is 11.0. The Morgan fingerprint density at radius 3 is 3.21 bits per heavy atom. The molecule has 0 amide bonds. The van der Waals surface area contributed by atoms with Crippen LogP contribution in [0.5, 0.6) is 0 Å². The normalized spacial score (nSPS) is 18.6. The van der Waals surface area contributed by atoms with E-state index in [9.17, 15) is 0 Å². The molecule has 0 aromatic carbocycles. The number of hydrogen-bond acceptors (Lipinski definition) is 6. The molecule has 0 saturated heterocycles. The SMILES string of the molecule is c1oc(N2CCn3cnnc3C2)nc1CNC1CC1. The Kier molecular flexibility index (Phi) is 2.51. The van der Waals surface area contributed by atoms with E-state index in [2.05, 4.69) is 30.0 Å². The highest BCUT2D eigenvalue weighted by molar-refractivity contribution is 5.28. The molecule has 100 valence electrons. The maximum absolute atomic E-state index is 5.57. The van der Waals surface area contributed by atoms with Crippen LogP contribution in [0.25, 0.3) is 0 Å². The van der Waals surface area contributed by atoms with Gasteiger partial charge in [0.15, 0.2) is 5.82 Å². The van der Waals surface area contributed by atoms with Gasteiger partial charge in [0.2, 0.25) is 0 Å². The average molecular weight is 260 g/mol. The highest BCUT2D eigenvalue weighted by atomic mass is 16.4. The smallest absolute Gasteiger partial charge is 0.297 e. The van der Waals surface area contributed by atoms with E-state index < -0.39 is 0 Å². The standard InChI is InChI=1S/C12H16N6O/c1-2-9(1)13-5-10-7-19-12(15-10)17-3-4-18-8-14-16-11(18)6-17/h7-9,13H,1-6H2. The van der Waals surface area contributed by atoms with Gasteiger partial charge < -0.3 is 19.2 Å². The van der Waals surface area contributed by atoms with Crippen LogP contribution in [0, 0.1) is 0 Å². The third-order valence-electron chi connectivity index (χ3n) is 3.60. The van der Waals surface area contributed by atoms with Gasteiger partial charge in [-0.1, -0.05) is 0 Å². The fraction of sp³-hybridized carbons (Fsp3) is 0.583. The van der Waals surface area contributed by atoms with Gasteiger partial charge in [0.05, 0.1) is 12.2 Å². The third-order valence-corrected chi connectivity index (χ3v) is 3.60. The maximum atomic E-state index is 5.57.